The van der Waals surface area contributed by atoms with Gasteiger partial charge in [-0.05, 0) is 63.3 Å². The van der Waals surface area contributed by atoms with Crippen LogP contribution in [-0.4, -0.2) is 4.98 Å². The van der Waals surface area contributed by atoms with Crippen molar-refractivity contribution >= 4 is 38.2 Å². The third kappa shape index (κ3) is 3.32. The van der Waals surface area contributed by atoms with E-state index in [0.29, 0.717) is 0 Å². The molecule has 0 fully saturated rings. The Hall–Kier alpha value is -1.27. The molecule has 0 aliphatic rings. The summed E-state index contributed by atoms with van der Waals surface area (Å²) in [6.45, 7) is 0. The molecular formula is C16H16BrN3S. The predicted octanol–water partition coefficient (Wildman–Crippen LogP) is 4.20. The molecule has 0 spiro atoms. The maximum absolute atomic E-state index is 5.75. The van der Waals surface area contributed by atoms with Crippen molar-refractivity contribution in [3.8, 4) is 0 Å². The number of hydrogen-bond acceptors (Lipinski definition) is 4. The largest absolute Gasteiger partial charge is 0.271 e. The second-order valence-corrected chi connectivity index (χ2v) is 6.57. The van der Waals surface area contributed by atoms with Crippen LogP contribution in [0.4, 0.5) is 0 Å². The van der Waals surface area contributed by atoms with Gasteiger partial charge in [0.1, 0.15) is 0 Å². The normalized spacial score (nSPS) is 12.7. The van der Waals surface area contributed by atoms with E-state index in [-0.39, 0.29) is 6.04 Å². The SMILES string of the molecule is NNC(CCc1ccsc1)c1nc2ccccc2cc1Br. The van der Waals surface area contributed by atoms with Crippen molar-refractivity contribution < 1.29 is 0 Å². The molecular weight excluding hydrogens is 346 g/mol. The van der Waals surface area contributed by atoms with Gasteiger partial charge in [0, 0.05) is 9.86 Å². The molecule has 0 bridgehead atoms. The number of rotatable bonds is 5. The van der Waals surface area contributed by atoms with Gasteiger partial charge in [0.2, 0.25) is 0 Å². The molecule has 5 heteroatoms. The second-order valence-electron chi connectivity index (χ2n) is 4.94. The van der Waals surface area contributed by atoms with Crippen molar-refractivity contribution in [2.45, 2.75) is 18.9 Å². The highest BCUT2D eigenvalue weighted by Gasteiger charge is 2.16. The molecule has 2 heterocycles. The van der Waals surface area contributed by atoms with Crippen molar-refractivity contribution in [2.24, 2.45) is 5.84 Å². The highest BCUT2D eigenvalue weighted by Crippen LogP contribution is 2.28. The molecule has 108 valence electrons. The molecule has 0 amide bonds. The van der Waals surface area contributed by atoms with E-state index >= 15 is 0 Å². The van der Waals surface area contributed by atoms with E-state index < -0.39 is 0 Å². The predicted molar refractivity (Wildman–Crippen MR) is 92.1 cm³/mol. The Morgan fingerprint density at radius 1 is 1.29 bits per heavy atom. The van der Waals surface area contributed by atoms with Crippen molar-refractivity contribution in [3.63, 3.8) is 0 Å². The number of thiophene rings is 1. The fraction of sp³-hybridized carbons (Fsp3) is 0.188. The summed E-state index contributed by atoms with van der Waals surface area (Å²) < 4.78 is 0.995. The lowest BCUT2D eigenvalue weighted by Gasteiger charge is -2.17. The minimum Gasteiger partial charge on any atom is -0.271 e. The molecule has 2 aromatic heterocycles. The first-order valence-corrected chi connectivity index (χ1v) is 8.54. The van der Waals surface area contributed by atoms with E-state index in [4.69, 9.17) is 10.8 Å². The maximum Gasteiger partial charge on any atom is 0.0736 e. The van der Waals surface area contributed by atoms with E-state index in [2.05, 4.69) is 50.3 Å². The van der Waals surface area contributed by atoms with Crippen LogP contribution in [-0.2, 0) is 6.42 Å². The number of nitrogens with one attached hydrogen (secondary N) is 1. The number of nitrogens with two attached hydrogens (primary N) is 1. The summed E-state index contributed by atoms with van der Waals surface area (Å²) in [6, 6.07) is 12.4. The van der Waals surface area contributed by atoms with Crippen molar-refractivity contribution in [1.82, 2.24) is 10.4 Å². The molecule has 3 aromatic rings. The smallest absolute Gasteiger partial charge is 0.0736 e. The zero-order chi connectivity index (χ0) is 14.7. The fourth-order valence-corrected chi connectivity index (χ4v) is 3.71. The first kappa shape index (κ1) is 14.7. The minimum atomic E-state index is 0.0314. The van der Waals surface area contributed by atoms with Gasteiger partial charge in [0.05, 0.1) is 17.3 Å². The van der Waals surface area contributed by atoms with Crippen LogP contribution in [0.5, 0.6) is 0 Å². The number of hydrogen-bond donors (Lipinski definition) is 2. The average Bonchev–Trinajstić information content (AvgIpc) is 3.01. The summed E-state index contributed by atoms with van der Waals surface area (Å²) >= 11 is 5.34. The van der Waals surface area contributed by atoms with E-state index in [0.717, 1.165) is 33.9 Å². The summed E-state index contributed by atoms with van der Waals surface area (Å²) in [5.41, 5.74) is 6.20. The number of aryl methyl sites for hydroxylation is 1. The lowest BCUT2D eigenvalue weighted by atomic mass is 10.0. The Bertz CT molecular complexity index is 727. The van der Waals surface area contributed by atoms with Gasteiger partial charge in [0.15, 0.2) is 0 Å². The van der Waals surface area contributed by atoms with Gasteiger partial charge >= 0.3 is 0 Å². The van der Waals surface area contributed by atoms with Crippen LogP contribution in [0, 0.1) is 0 Å². The zero-order valence-corrected chi connectivity index (χ0v) is 13.8. The number of benzene rings is 1. The molecule has 3 nitrogen and oxygen atoms in total. The molecule has 0 aliphatic carbocycles. The van der Waals surface area contributed by atoms with Crippen molar-refractivity contribution in [1.29, 1.82) is 0 Å². The van der Waals surface area contributed by atoms with Crippen LogP contribution in [0.25, 0.3) is 10.9 Å². The van der Waals surface area contributed by atoms with E-state index in [9.17, 15) is 0 Å². The number of para-hydroxylation sites is 1. The first-order chi connectivity index (χ1) is 10.3. The molecule has 0 radical (unpaired) electrons. The summed E-state index contributed by atoms with van der Waals surface area (Å²) in [6.07, 6.45) is 1.90. The maximum atomic E-state index is 5.75. The van der Waals surface area contributed by atoms with Gasteiger partial charge in [-0.1, -0.05) is 18.2 Å². The minimum absolute atomic E-state index is 0.0314. The Morgan fingerprint density at radius 2 is 2.14 bits per heavy atom. The molecule has 1 unspecified atom stereocenters. The molecule has 0 aliphatic heterocycles. The van der Waals surface area contributed by atoms with Gasteiger partial charge in [-0.2, -0.15) is 11.3 Å². The van der Waals surface area contributed by atoms with Crippen molar-refractivity contribution in [2.75, 3.05) is 0 Å². The highest BCUT2D eigenvalue weighted by atomic mass is 79.9. The third-order valence-electron chi connectivity index (χ3n) is 3.54. The Balaban J connectivity index is 1.87. The van der Waals surface area contributed by atoms with Gasteiger partial charge < -0.3 is 0 Å². The molecule has 3 N–H and O–H groups in total. The molecule has 1 aromatic carbocycles. The number of aromatic nitrogens is 1. The Labute approximate surface area is 136 Å². The van der Waals surface area contributed by atoms with E-state index in [1.807, 2.05) is 18.2 Å². The average molecular weight is 362 g/mol. The van der Waals surface area contributed by atoms with Crippen LogP contribution in [0.2, 0.25) is 0 Å². The van der Waals surface area contributed by atoms with E-state index in [1.165, 1.54) is 5.56 Å². The second kappa shape index (κ2) is 6.66. The van der Waals surface area contributed by atoms with Crippen LogP contribution < -0.4 is 11.3 Å². The number of fused-ring (bicyclic) bond motifs is 1. The summed E-state index contributed by atoms with van der Waals surface area (Å²) in [7, 11) is 0. The lowest BCUT2D eigenvalue weighted by molar-refractivity contribution is 0.504. The van der Waals surface area contributed by atoms with Gasteiger partial charge in [-0.25, -0.2) is 4.98 Å². The van der Waals surface area contributed by atoms with Gasteiger partial charge in [-0.15, -0.1) is 0 Å². The number of pyridine rings is 1. The third-order valence-corrected chi connectivity index (χ3v) is 4.90. The van der Waals surface area contributed by atoms with Crippen LogP contribution in [0.1, 0.15) is 23.7 Å². The standard InChI is InChI=1S/C16H16BrN3S/c17-13-9-12-3-1-2-4-14(12)19-16(13)15(20-18)6-5-11-7-8-21-10-11/h1-4,7-10,15,20H,5-6,18H2. The number of nitrogens with zero attached hydrogens (tertiary/aromatic N) is 1. The Morgan fingerprint density at radius 3 is 2.90 bits per heavy atom. The Kier molecular flexibility index (Phi) is 4.65. The first-order valence-electron chi connectivity index (χ1n) is 6.80. The summed E-state index contributed by atoms with van der Waals surface area (Å²) in [4.78, 5) is 4.76. The monoisotopic (exact) mass is 361 g/mol. The topological polar surface area (TPSA) is 50.9 Å². The highest BCUT2D eigenvalue weighted by molar-refractivity contribution is 9.10. The zero-order valence-electron chi connectivity index (χ0n) is 11.4. The van der Waals surface area contributed by atoms with Crippen molar-refractivity contribution in [3.05, 3.63) is 62.9 Å². The number of hydrazine groups is 1. The molecule has 3 rings (SSSR count). The van der Waals surface area contributed by atoms with Crippen LogP contribution >= 0.6 is 27.3 Å². The lowest BCUT2D eigenvalue weighted by Crippen LogP contribution is -2.29. The molecule has 21 heavy (non-hydrogen) atoms. The van der Waals surface area contributed by atoms with Crippen LogP contribution in [0.3, 0.4) is 0 Å². The molecule has 1 atom stereocenters. The van der Waals surface area contributed by atoms with E-state index in [1.54, 1.807) is 11.3 Å². The van der Waals surface area contributed by atoms with Crippen LogP contribution in [0.15, 0.2) is 51.6 Å². The fourth-order valence-electron chi connectivity index (χ4n) is 2.39. The van der Waals surface area contributed by atoms with Gasteiger partial charge in [-0.3, -0.25) is 11.3 Å². The van der Waals surface area contributed by atoms with Gasteiger partial charge in [0.25, 0.3) is 0 Å². The molecule has 0 saturated heterocycles. The summed E-state index contributed by atoms with van der Waals surface area (Å²) in [5, 5.41) is 5.41. The molecule has 0 saturated carbocycles. The quantitative estimate of drug-likeness (QED) is 0.528. The summed E-state index contributed by atoms with van der Waals surface area (Å²) in [5.74, 6) is 5.75. The number of halogens is 1.